The number of hydrogen-bond acceptors (Lipinski definition) is 3. The maximum atomic E-state index is 11.8. The Hall–Kier alpha value is -0.770. The van der Waals surface area contributed by atoms with E-state index in [1.807, 2.05) is 27.8 Å². The molecule has 1 atom stereocenters. The minimum Gasteiger partial charge on any atom is -0.444 e. The van der Waals surface area contributed by atoms with Crippen LogP contribution in [-0.2, 0) is 4.74 Å². The van der Waals surface area contributed by atoms with Gasteiger partial charge in [0.1, 0.15) is 5.60 Å². The van der Waals surface area contributed by atoms with Gasteiger partial charge in [-0.3, -0.25) is 0 Å². The summed E-state index contributed by atoms with van der Waals surface area (Å²) in [6.45, 7) is 7.75. The van der Waals surface area contributed by atoms with Crippen molar-refractivity contribution in [2.75, 3.05) is 27.2 Å². The van der Waals surface area contributed by atoms with Crippen LogP contribution in [0.15, 0.2) is 0 Å². The van der Waals surface area contributed by atoms with Crippen LogP contribution in [0.4, 0.5) is 4.79 Å². The highest BCUT2D eigenvalue weighted by Crippen LogP contribution is 2.16. The fourth-order valence-corrected chi connectivity index (χ4v) is 1.94. The number of piperidine rings is 1. The Balaban J connectivity index is 2.49. The summed E-state index contributed by atoms with van der Waals surface area (Å²) in [4.78, 5) is 15.8. The van der Waals surface area contributed by atoms with Gasteiger partial charge >= 0.3 is 6.09 Å². The van der Waals surface area contributed by atoms with E-state index in [0.29, 0.717) is 0 Å². The summed E-state index contributed by atoms with van der Waals surface area (Å²) < 4.78 is 5.36. The number of carbonyl (C=O) groups excluding carboxylic acids is 1. The summed E-state index contributed by atoms with van der Waals surface area (Å²) in [6, 6.07) is 0.286. The van der Waals surface area contributed by atoms with Crippen LogP contribution < -0.4 is 0 Å². The Labute approximate surface area is 98.5 Å². The molecule has 0 aliphatic carbocycles. The van der Waals surface area contributed by atoms with Gasteiger partial charge in [0.15, 0.2) is 0 Å². The van der Waals surface area contributed by atoms with Crippen molar-refractivity contribution in [3.63, 3.8) is 0 Å². The summed E-state index contributed by atoms with van der Waals surface area (Å²) >= 11 is 0. The lowest BCUT2D eigenvalue weighted by molar-refractivity contribution is 0.0151. The number of hydrogen-bond donors (Lipinski definition) is 0. The normalized spacial score (nSPS) is 22.9. The SMILES string of the molecule is CN1CCC[C@H](N(C)C(=O)OC(C)(C)C)C1. The molecule has 0 radical (unpaired) electrons. The molecule has 4 heteroatoms. The van der Waals surface area contributed by atoms with Gasteiger partial charge in [0.2, 0.25) is 0 Å². The predicted octanol–water partition coefficient (Wildman–Crippen LogP) is 1.95. The molecule has 1 heterocycles. The number of likely N-dealkylation sites (N-methyl/N-ethyl adjacent to an activating group) is 2. The Kier molecular flexibility index (Phi) is 4.19. The van der Waals surface area contributed by atoms with Crippen LogP contribution in [0.2, 0.25) is 0 Å². The van der Waals surface area contributed by atoms with Crippen molar-refractivity contribution >= 4 is 6.09 Å². The molecule has 0 saturated carbocycles. The van der Waals surface area contributed by atoms with E-state index < -0.39 is 5.60 Å². The van der Waals surface area contributed by atoms with Gasteiger partial charge in [0.25, 0.3) is 0 Å². The quantitative estimate of drug-likeness (QED) is 0.687. The molecule has 94 valence electrons. The zero-order chi connectivity index (χ0) is 12.3. The van der Waals surface area contributed by atoms with Crippen LogP contribution in [-0.4, -0.2) is 54.7 Å². The van der Waals surface area contributed by atoms with Gasteiger partial charge in [-0.15, -0.1) is 0 Å². The fraction of sp³-hybridized carbons (Fsp3) is 0.917. The van der Waals surface area contributed by atoms with E-state index in [2.05, 4.69) is 11.9 Å². The fourth-order valence-electron chi connectivity index (χ4n) is 1.94. The lowest BCUT2D eigenvalue weighted by Gasteiger charge is -2.36. The van der Waals surface area contributed by atoms with Crippen LogP contribution in [0.5, 0.6) is 0 Å². The Morgan fingerprint density at radius 2 is 2.06 bits per heavy atom. The predicted molar refractivity (Wildman–Crippen MR) is 64.5 cm³/mol. The molecule has 0 aromatic rings. The first-order valence-electron chi connectivity index (χ1n) is 5.94. The molecule has 1 saturated heterocycles. The second kappa shape index (κ2) is 5.04. The molecule has 1 amide bonds. The maximum absolute atomic E-state index is 11.8. The van der Waals surface area contributed by atoms with Gasteiger partial charge in [0, 0.05) is 19.6 Å². The molecule has 1 fully saturated rings. The molecule has 0 bridgehead atoms. The third-order valence-corrected chi connectivity index (χ3v) is 2.83. The van der Waals surface area contributed by atoms with Crippen molar-refractivity contribution < 1.29 is 9.53 Å². The van der Waals surface area contributed by atoms with Crippen molar-refractivity contribution in [2.45, 2.75) is 45.3 Å². The number of amides is 1. The van der Waals surface area contributed by atoms with Crippen LogP contribution in [0.3, 0.4) is 0 Å². The molecule has 0 spiro atoms. The smallest absolute Gasteiger partial charge is 0.410 e. The molecule has 0 aromatic heterocycles. The lowest BCUT2D eigenvalue weighted by Crippen LogP contribution is -2.48. The van der Waals surface area contributed by atoms with Gasteiger partial charge in [-0.05, 0) is 47.2 Å². The molecule has 1 aliphatic heterocycles. The topological polar surface area (TPSA) is 32.8 Å². The minimum absolute atomic E-state index is 0.215. The Morgan fingerprint density at radius 3 is 2.56 bits per heavy atom. The third-order valence-electron chi connectivity index (χ3n) is 2.83. The number of rotatable bonds is 1. The second-order valence-corrected chi connectivity index (χ2v) is 5.65. The average Bonchev–Trinajstić information content (AvgIpc) is 2.14. The van der Waals surface area contributed by atoms with Crippen molar-refractivity contribution in [1.82, 2.24) is 9.80 Å². The minimum atomic E-state index is -0.411. The number of likely N-dealkylation sites (tertiary alicyclic amines) is 1. The monoisotopic (exact) mass is 228 g/mol. The molecule has 4 nitrogen and oxygen atoms in total. The molecule has 0 aromatic carbocycles. The second-order valence-electron chi connectivity index (χ2n) is 5.65. The first-order valence-corrected chi connectivity index (χ1v) is 5.94. The van der Waals surface area contributed by atoms with Gasteiger partial charge in [-0.25, -0.2) is 4.79 Å². The number of carbonyl (C=O) groups is 1. The highest BCUT2D eigenvalue weighted by atomic mass is 16.6. The molecule has 16 heavy (non-hydrogen) atoms. The van der Waals surface area contributed by atoms with Crippen molar-refractivity contribution in [3.05, 3.63) is 0 Å². The highest BCUT2D eigenvalue weighted by molar-refractivity contribution is 5.68. The summed E-state index contributed by atoms with van der Waals surface area (Å²) in [7, 11) is 3.92. The standard InChI is InChI=1S/C12H24N2O2/c1-12(2,3)16-11(15)14(5)10-7-6-8-13(4)9-10/h10H,6-9H2,1-5H3/t10-/m0/s1. The van der Waals surface area contributed by atoms with Gasteiger partial charge < -0.3 is 14.5 Å². The average molecular weight is 228 g/mol. The summed E-state index contributed by atoms with van der Waals surface area (Å²) in [5, 5.41) is 0. The van der Waals surface area contributed by atoms with Crippen LogP contribution in [0, 0.1) is 0 Å². The highest BCUT2D eigenvalue weighted by Gasteiger charge is 2.27. The Morgan fingerprint density at radius 1 is 1.44 bits per heavy atom. The molecular weight excluding hydrogens is 204 g/mol. The van der Waals surface area contributed by atoms with Crippen LogP contribution in [0.1, 0.15) is 33.6 Å². The first kappa shape index (κ1) is 13.3. The number of nitrogens with zero attached hydrogens (tertiary/aromatic N) is 2. The van der Waals surface area contributed by atoms with Crippen molar-refractivity contribution in [2.24, 2.45) is 0 Å². The van der Waals surface area contributed by atoms with Crippen LogP contribution >= 0.6 is 0 Å². The largest absolute Gasteiger partial charge is 0.444 e. The summed E-state index contributed by atoms with van der Waals surface area (Å²) in [6.07, 6.45) is 2.00. The van der Waals surface area contributed by atoms with Crippen molar-refractivity contribution in [1.29, 1.82) is 0 Å². The van der Waals surface area contributed by atoms with Gasteiger partial charge in [0.05, 0.1) is 0 Å². The number of ether oxygens (including phenoxy) is 1. The van der Waals surface area contributed by atoms with E-state index in [4.69, 9.17) is 4.74 Å². The van der Waals surface area contributed by atoms with E-state index in [-0.39, 0.29) is 12.1 Å². The summed E-state index contributed by atoms with van der Waals surface area (Å²) in [5.41, 5.74) is -0.411. The van der Waals surface area contributed by atoms with Crippen molar-refractivity contribution in [3.8, 4) is 0 Å². The van der Waals surface area contributed by atoms with E-state index in [9.17, 15) is 4.79 Å². The molecular formula is C12H24N2O2. The van der Waals surface area contributed by atoms with Gasteiger partial charge in [-0.2, -0.15) is 0 Å². The lowest BCUT2D eigenvalue weighted by atomic mass is 10.1. The molecule has 0 unspecified atom stereocenters. The van der Waals surface area contributed by atoms with E-state index >= 15 is 0 Å². The van der Waals surface area contributed by atoms with E-state index in [1.165, 1.54) is 0 Å². The van der Waals surface area contributed by atoms with Crippen LogP contribution in [0.25, 0.3) is 0 Å². The first-order chi connectivity index (χ1) is 7.29. The van der Waals surface area contributed by atoms with E-state index in [0.717, 1.165) is 25.9 Å². The molecule has 0 N–H and O–H groups in total. The Bertz CT molecular complexity index is 248. The third kappa shape index (κ3) is 4.00. The summed E-state index contributed by atoms with van der Waals surface area (Å²) in [5.74, 6) is 0. The molecule has 1 aliphatic rings. The maximum Gasteiger partial charge on any atom is 0.410 e. The van der Waals surface area contributed by atoms with Gasteiger partial charge in [-0.1, -0.05) is 0 Å². The zero-order valence-electron chi connectivity index (χ0n) is 11.1. The zero-order valence-corrected chi connectivity index (χ0v) is 11.1. The van der Waals surface area contributed by atoms with E-state index in [1.54, 1.807) is 4.90 Å². The molecule has 1 rings (SSSR count).